The van der Waals surface area contributed by atoms with Crippen molar-refractivity contribution >= 4 is 11.6 Å². The summed E-state index contributed by atoms with van der Waals surface area (Å²) < 4.78 is 0. The molecule has 2 fully saturated rings. The molecular weight excluding hydrogens is 256 g/mol. The lowest BCUT2D eigenvalue weighted by atomic mass is 10.0. The molecule has 2 atom stereocenters. The maximum absolute atomic E-state index is 11.9. The Kier molecular flexibility index (Phi) is 3.50. The van der Waals surface area contributed by atoms with Gasteiger partial charge in [-0.05, 0) is 24.0 Å². The molecule has 1 amide bonds. The number of hydrogen-bond acceptors (Lipinski definition) is 4. The monoisotopic (exact) mass is 276 g/mol. The summed E-state index contributed by atoms with van der Waals surface area (Å²) in [6, 6.07) is 9.41. The van der Waals surface area contributed by atoms with Gasteiger partial charge in [-0.15, -0.1) is 0 Å². The van der Waals surface area contributed by atoms with Crippen molar-refractivity contribution in [1.29, 1.82) is 0 Å². The van der Waals surface area contributed by atoms with Crippen LogP contribution in [0, 0.1) is 17.3 Å². The lowest BCUT2D eigenvalue weighted by Crippen LogP contribution is -2.37. The maximum Gasteiger partial charge on any atom is 0.238 e. The highest BCUT2D eigenvalue weighted by Crippen LogP contribution is 2.61. The van der Waals surface area contributed by atoms with Gasteiger partial charge in [0.05, 0.1) is 19.8 Å². The van der Waals surface area contributed by atoms with Crippen LogP contribution in [0.25, 0.3) is 0 Å². The van der Waals surface area contributed by atoms with Crippen LogP contribution in [0.3, 0.4) is 0 Å². The molecule has 3 N–H and O–H groups in total. The molecule has 108 valence electrons. The molecule has 3 rings (SSSR count). The first-order valence-electron chi connectivity index (χ1n) is 6.98. The molecule has 5 nitrogen and oxygen atoms in total. The van der Waals surface area contributed by atoms with Crippen LogP contribution in [0.15, 0.2) is 30.3 Å². The van der Waals surface area contributed by atoms with E-state index in [9.17, 15) is 15.0 Å². The number of amides is 1. The number of fused-ring (bicyclic) bond motifs is 1. The number of benzene rings is 1. The van der Waals surface area contributed by atoms with Gasteiger partial charge in [0, 0.05) is 24.2 Å². The Balaban J connectivity index is 1.49. The van der Waals surface area contributed by atoms with Gasteiger partial charge in [-0.3, -0.25) is 9.69 Å². The number of anilines is 1. The van der Waals surface area contributed by atoms with Crippen LogP contribution in [0.2, 0.25) is 0 Å². The molecule has 2 aliphatic rings. The van der Waals surface area contributed by atoms with Crippen molar-refractivity contribution in [2.45, 2.75) is 0 Å². The van der Waals surface area contributed by atoms with Gasteiger partial charge in [0.1, 0.15) is 0 Å². The average Bonchev–Trinajstić information content (AvgIpc) is 2.83. The van der Waals surface area contributed by atoms with E-state index in [0.717, 1.165) is 18.8 Å². The second-order valence-electron chi connectivity index (χ2n) is 5.87. The first-order valence-corrected chi connectivity index (χ1v) is 6.98. The Bertz CT molecular complexity index is 473. The lowest BCUT2D eigenvalue weighted by Gasteiger charge is -2.23. The van der Waals surface area contributed by atoms with Crippen LogP contribution < -0.4 is 5.32 Å². The van der Waals surface area contributed by atoms with Crippen molar-refractivity contribution in [2.24, 2.45) is 17.3 Å². The second-order valence-corrected chi connectivity index (χ2v) is 5.87. The van der Waals surface area contributed by atoms with Crippen LogP contribution in [-0.4, -0.2) is 53.9 Å². The number of nitrogens with zero attached hydrogens (tertiary/aromatic N) is 1. The van der Waals surface area contributed by atoms with Gasteiger partial charge in [-0.25, -0.2) is 0 Å². The summed E-state index contributed by atoms with van der Waals surface area (Å²) in [5, 5.41) is 21.6. The molecule has 0 aromatic heterocycles. The normalized spacial score (nSPS) is 27.1. The summed E-state index contributed by atoms with van der Waals surface area (Å²) in [6.45, 7) is 2.03. The Morgan fingerprint density at radius 3 is 2.35 bits per heavy atom. The third kappa shape index (κ3) is 2.22. The lowest BCUT2D eigenvalue weighted by molar-refractivity contribution is -0.117. The fourth-order valence-electron chi connectivity index (χ4n) is 3.49. The topological polar surface area (TPSA) is 72.8 Å². The molecule has 2 unspecified atom stereocenters. The highest BCUT2D eigenvalue weighted by molar-refractivity contribution is 5.92. The molecule has 1 aromatic rings. The summed E-state index contributed by atoms with van der Waals surface area (Å²) in [5.41, 5.74) is 0.522. The molecule has 0 spiro atoms. The van der Waals surface area contributed by atoms with Crippen molar-refractivity contribution < 1.29 is 15.0 Å². The van der Waals surface area contributed by atoms with E-state index in [4.69, 9.17) is 0 Å². The third-order valence-corrected chi connectivity index (χ3v) is 4.78. The largest absolute Gasteiger partial charge is 0.396 e. The smallest absolute Gasteiger partial charge is 0.238 e. The summed E-state index contributed by atoms with van der Waals surface area (Å²) in [7, 11) is 0. The number of aliphatic hydroxyl groups excluding tert-OH is 2. The fraction of sp³-hybridized carbons (Fsp3) is 0.533. The van der Waals surface area contributed by atoms with Crippen LogP contribution in [0.5, 0.6) is 0 Å². The van der Waals surface area contributed by atoms with Crippen molar-refractivity contribution in [3.63, 3.8) is 0 Å². The van der Waals surface area contributed by atoms with Gasteiger partial charge >= 0.3 is 0 Å². The molecule has 1 saturated heterocycles. The van der Waals surface area contributed by atoms with Gasteiger partial charge in [-0.1, -0.05) is 18.2 Å². The van der Waals surface area contributed by atoms with Crippen LogP contribution in [0.1, 0.15) is 0 Å². The summed E-state index contributed by atoms with van der Waals surface area (Å²) in [4.78, 5) is 14.0. The zero-order valence-electron chi connectivity index (χ0n) is 11.3. The molecule has 1 heterocycles. The van der Waals surface area contributed by atoms with Gasteiger partial charge in [0.15, 0.2) is 0 Å². The number of piperidine rings is 1. The van der Waals surface area contributed by atoms with Crippen LogP contribution in [0.4, 0.5) is 5.69 Å². The number of likely N-dealkylation sites (tertiary alicyclic amines) is 1. The minimum Gasteiger partial charge on any atom is -0.396 e. The Morgan fingerprint density at radius 1 is 1.20 bits per heavy atom. The molecule has 0 radical (unpaired) electrons. The van der Waals surface area contributed by atoms with Crippen LogP contribution >= 0.6 is 0 Å². The van der Waals surface area contributed by atoms with Crippen molar-refractivity contribution in [3.05, 3.63) is 30.3 Å². The minimum absolute atomic E-state index is 0.0175. The third-order valence-electron chi connectivity index (χ3n) is 4.78. The Labute approximate surface area is 118 Å². The highest BCUT2D eigenvalue weighted by Gasteiger charge is 2.67. The molecule has 5 heteroatoms. The molecule has 1 aliphatic heterocycles. The molecular formula is C15H20N2O3. The van der Waals surface area contributed by atoms with Crippen molar-refractivity contribution in [2.75, 3.05) is 38.2 Å². The van der Waals surface area contributed by atoms with E-state index >= 15 is 0 Å². The number of nitrogens with one attached hydrogen (secondary N) is 1. The number of hydrogen-bond donors (Lipinski definition) is 3. The quantitative estimate of drug-likeness (QED) is 0.716. The average molecular weight is 276 g/mol. The zero-order valence-corrected chi connectivity index (χ0v) is 11.3. The first-order chi connectivity index (χ1) is 9.69. The van der Waals surface area contributed by atoms with Gasteiger partial charge in [0.2, 0.25) is 5.91 Å². The van der Waals surface area contributed by atoms with E-state index in [1.165, 1.54) is 0 Å². The molecule has 1 saturated carbocycles. The Morgan fingerprint density at radius 2 is 1.80 bits per heavy atom. The number of carbonyl (C=O) groups excluding carboxylic acids is 1. The Hall–Kier alpha value is -1.43. The van der Waals surface area contributed by atoms with Crippen LogP contribution in [-0.2, 0) is 4.79 Å². The first kappa shape index (κ1) is 13.5. The highest BCUT2D eigenvalue weighted by atomic mass is 16.3. The summed E-state index contributed by atoms with van der Waals surface area (Å²) in [6.07, 6.45) is 0. The van der Waals surface area contributed by atoms with E-state index in [0.29, 0.717) is 18.4 Å². The SMILES string of the molecule is O=C(CN1CC2C(C1)C2(CO)CO)Nc1ccccc1. The molecule has 0 bridgehead atoms. The summed E-state index contributed by atoms with van der Waals surface area (Å²) in [5.74, 6) is 0.653. The molecule has 1 aliphatic carbocycles. The van der Waals surface area contributed by atoms with E-state index < -0.39 is 0 Å². The minimum atomic E-state index is -0.285. The standard InChI is InChI=1S/C15H20N2O3/c18-9-15(10-19)12-6-17(7-13(12)15)8-14(20)16-11-4-2-1-3-5-11/h1-5,12-13,18-19H,6-10H2,(H,16,20). The van der Waals surface area contributed by atoms with Crippen molar-refractivity contribution in [3.8, 4) is 0 Å². The van der Waals surface area contributed by atoms with Gasteiger partial charge < -0.3 is 15.5 Å². The van der Waals surface area contributed by atoms with E-state index in [1.807, 2.05) is 30.3 Å². The number of rotatable bonds is 5. The van der Waals surface area contributed by atoms with E-state index in [-0.39, 0.29) is 24.5 Å². The maximum atomic E-state index is 11.9. The van der Waals surface area contributed by atoms with E-state index in [2.05, 4.69) is 10.2 Å². The van der Waals surface area contributed by atoms with E-state index in [1.54, 1.807) is 0 Å². The number of para-hydroxylation sites is 1. The van der Waals surface area contributed by atoms with Crippen molar-refractivity contribution in [1.82, 2.24) is 4.90 Å². The summed E-state index contributed by atoms with van der Waals surface area (Å²) >= 11 is 0. The predicted molar refractivity (Wildman–Crippen MR) is 75.1 cm³/mol. The fourth-order valence-corrected chi connectivity index (χ4v) is 3.49. The molecule has 20 heavy (non-hydrogen) atoms. The van der Waals surface area contributed by atoms with Gasteiger partial charge in [-0.2, -0.15) is 0 Å². The van der Waals surface area contributed by atoms with Gasteiger partial charge in [0.25, 0.3) is 0 Å². The zero-order chi connectivity index (χ0) is 14.2. The molecule has 1 aromatic carbocycles. The number of aliphatic hydroxyl groups is 2. The second kappa shape index (κ2) is 5.16. The number of carbonyl (C=O) groups is 1. The predicted octanol–water partition coefficient (Wildman–Crippen LogP) is 0.158.